The highest BCUT2D eigenvalue weighted by Gasteiger charge is 2.14. The molecule has 0 saturated heterocycles. The second-order valence-corrected chi connectivity index (χ2v) is 9.57. The SMILES string of the molecule is C.Cn1ccnn1.Cn1nncc1C(O)c1ccc(OCc2ccccc2)cc1.O=Cc1ccc(OCc2ccccc2)cc1. The molecule has 0 spiro atoms. The monoisotopic (exact) mass is 606 g/mol. The van der Waals surface area contributed by atoms with Crippen molar-refractivity contribution in [1.82, 2.24) is 30.0 Å². The van der Waals surface area contributed by atoms with Gasteiger partial charge in [0, 0.05) is 25.9 Å². The Labute approximate surface area is 263 Å². The van der Waals surface area contributed by atoms with Crippen molar-refractivity contribution in [3.05, 3.63) is 156 Å². The van der Waals surface area contributed by atoms with E-state index in [1.807, 2.05) is 92.0 Å². The van der Waals surface area contributed by atoms with Crippen molar-refractivity contribution >= 4 is 6.29 Å². The number of benzene rings is 4. The second kappa shape index (κ2) is 18.1. The summed E-state index contributed by atoms with van der Waals surface area (Å²) in [6, 6.07) is 34.4. The molecule has 4 aromatic carbocycles. The van der Waals surface area contributed by atoms with Gasteiger partial charge in [-0.2, -0.15) is 0 Å². The van der Waals surface area contributed by atoms with Crippen LogP contribution in [-0.4, -0.2) is 41.4 Å². The molecular formula is C35H38N6O4. The maximum Gasteiger partial charge on any atom is 0.150 e. The third-order valence-electron chi connectivity index (χ3n) is 6.28. The predicted molar refractivity (Wildman–Crippen MR) is 173 cm³/mol. The van der Waals surface area contributed by atoms with Gasteiger partial charge in [0.15, 0.2) is 0 Å². The maximum absolute atomic E-state index is 10.5. The van der Waals surface area contributed by atoms with Gasteiger partial charge in [0.2, 0.25) is 0 Å². The van der Waals surface area contributed by atoms with E-state index in [0.717, 1.165) is 34.5 Å². The van der Waals surface area contributed by atoms with Crippen molar-refractivity contribution < 1.29 is 19.4 Å². The zero-order valence-corrected chi connectivity index (χ0v) is 24.5. The van der Waals surface area contributed by atoms with E-state index in [-0.39, 0.29) is 7.43 Å². The average Bonchev–Trinajstić information content (AvgIpc) is 3.75. The lowest BCUT2D eigenvalue weighted by Crippen LogP contribution is -2.06. The van der Waals surface area contributed by atoms with Crippen LogP contribution in [0.4, 0.5) is 0 Å². The predicted octanol–water partition coefficient (Wildman–Crippen LogP) is 6.01. The molecule has 1 atom stereocenters. The molecule has 10 nitrogen and oxygen atoms in total. The number of rotatable bonds is 9. The van der Waals surface area contributed by atoms with E-state index in [1.54, 1.807) is 59.3 Å². The van der Waals surface area contributed by atoms with E-state index < -0.39 is 6.10 Å². The number of carbonyl (C=O) groups is 1. The largest absolute Gasteiger partial charge is 0.489 e. The van der Waals surface area contributed by atoms with Crippen LogP contribution in [-0.2, 0) is 27.3 Å². The third-order valence-corrected chi connectivity index (χ3v) is 6.28. The van der Waals surface area contributed by atoms with Gasteiger partial charge in [0.25, 0.3) is 0 Å². The number of aryl methyl sites for hydroxylation is 2. The molecule has 0 amide bonds. The smallest absolute Gasteiger partial charge is 0.150 e. The molecule has 0 aliphatic carbocycles. The lowest BCUT2D eigenvalue weighted by atomic mass is 10.1. The molecule has 10 heteroatoms. The summed E-state index contributed by atoms with van der Waals surface area (Å²) in [4.78, 5) is 10.5. The number of aliphatic hydroxyl groups excluding tert-OH is 1. The molecule has 2 aromatic heterocycles. The first-order chi connectivity index (χ1) is 21.5. The van der Waals surface area contributed by atoms with Crippen LogP contribution in [0.5, 0.6) is 11.5 Å². The number of aldehydes is 1. The molecule has 0 saturated carbocycles. The van der Waals surface area contributed by atoms with Gasteiger partial charge in [-0.25, -0.2) is 4.68 Å². The summed E-state index contributed by atoms with van der Waals surface area (Å²) < 4.78 is 14.5. The van der Waals surface area contributed by atoms with Crippen LogP contribution in [0.2, 0.25) is 0 Å². The summed E-state index contributed by atoms with van der Waals surface area (Å²) in [5.74, 6) is 1.54. The van der Waals surface area contributed by atoms with E-state index in [0.29, 0.717) is 24.5 Å². The normalized spacial score (nSPS) is 10.6. The molecule has 0 bridgehead atoms. The number of ether oxygens (including phenoxy) is 2. The zero-order valence-electron chi connectivity index (χ0n) is 24.5. The first kappa shape index (κ1) is 33.9. The molecule has 0 radical (unpaired) electrons. The van der Waals surface area contributed by atoms with Crippen molar-refractivity contribution in [3.63, 3.8) is 0 Å². The Kier molecular flexibility index (Phi) is 13.7. The lowest BCUT2D eigenvalue weighted by Gasteiger charge is -2.12. The van der Waals surface area contributed by atoms with Crippen molar-refractivity contribution in [1.29, 1.82) is 0 Å². The third kappa shape index (κ3) is 11.2. The number of aliphatic hydroxyl groups is 1. The maximum atomic E-state index is 10.5. The van der Waals surface area contributed by atoms with Gasteiger partial charge in [-0.15, -0.1) is 10.2 Å². The minimum absolute atomic E-state index is 0. The summed E-state index contributed by atoms with van der Waals surface area (Å²) in [5.41, 5.74) is 4.33. The van der Waals surface area contributed by atoms with Crippen molar-refractivity contribution in [3.8, 4) is 11.5 Å². The van der Waals surface area contributed by atoms with Crippen LogP contribution < -0.4 is 9.47 Å². The fraction of sp³-hybridized carbons (Fsp3) is 0.171. The quantitative estimate of drug-likeness (QED) is 0.199. The van der Waals surface area contributed by atoms with Gasteiger partial charge in [-0.3, -0.25) is 9.48 Å². The number of carbonyl (C=O) groups excluding carboxylic acids is 1. The molecule has 0 aliphatic rings. The van der Waals surface area contributed by atoms with E-state index in [4.69, 9.17) is 9.47 Å². The Morgan fingerprint density at radius 3 is 1.67 bits per heavy atom. The number of aromatic nitrogens is 6. The fourth-order valence-corrected chi connectivity index (χ4v) is 3.85. The number of hydrogen-bond donors (Lipinski definition) is 1. The fourth-order valence-electron chi connectivity index (χ4n) is 3.85. The average molecular weight is 607 g/mol. The van der Waals surface area contributed by atoms with E-state index in [1.165, 1.54) is 0 Å². The number of nitrogens with zero attached hydrogens (tertiary/aromatic N) is 6. The minimum Gasteiger partial charge on any atom is -0.489 e. The van der Waals surface area contributed by atoms with E-state index >= 15 is 0 Å². The summed E-state index contributed by atoms with van der Waals surface area (Å²) in [6.07, 6.45) is 5.05. The standard InChI is InChI=1S/C17H17N3O2.C14H12O2.C3H5N3.CH4/c1-20-16(11-18-19-20)17(21)14-7-9-15(10-8-14)22-12-13-5-3-2-4-6-13;15-10-12-6-8-14(9-7-12)16-11-13-4-2-1-3-5-13;1-6-3-2-4-5-6;/h2-11,17,21H,12H2,1H3;1-10H,11H2;2-3H,1H3;1H4. The van der Waals surface area contributed by atoms with Gasteiger partial charge in [-0.05, 0) is 53.1 Å². The Morgan fingerprint density at radius 1 is 0.733 bits per heavy atom. The zero-order chi connectivity index (χ0) is 31.0. The van der Waals surface area contributed by atoms with E-state index in [9.17, 15) is 9.90 Å². The van der Waals surface area contributed by atoms with Crippen molar-refractivity contribution in [2.75, 3.05) is 0 Å². The Balaban J connectivity index is 0.000000210. The van der Waals surface area contributed by atoms with Crippen LogP contribution in [0.25, 0.3) is 0 Å². The van der Waals surface area contributed by atoms with Crippen LogP contribution in [0.3, 0.4) is 0 Å². The second-order valence-electron chi connectivity index (χ2n) is 9.57. The molecule has 1 unspecified atom stereocenters. The van der Waals surface area contributed by atoms with Crippen LogP contribution in [0.1, 0.15) is 46.3 Å². The molecule has 6 aromatic rings. The van der Waals surface area contributed by atoms with Crippen LogP contribution in [0, 0.1) is 0 Å². The summed E-state index contributed by atoms with van der Waals surface area (Å²) >= 11 is 0. The van der Waals surface area contributed by atoms with Crippen LogP contribution >= 0.6 is 0 Å². The molecule has 0 fully saturated rings. The van der Waals surface area contributed by atoms with Gasteiger partial charge in [0.1, 0.15) is 37.1 Å². The Hall–Kier alpha value is -5.61. The summed E-state index contributed by atoms with van der Waals surface area (Å²) in [7, 11) is 3.58. The topological polar surface area (TPSA) is 117 Å². The van der Waals surface area contributed by atoms with Gasteiger partial charge >= 0.3 is 0 Å². The minimum atomic E-state index is -0.747. The highest BCUT2D eigenvalue weighted by atomic mass is 16.5. The van der Waals surface area contributed by atoms with E-state index in [2.05, 4.69) is 20.6 Å². The van der Waals surface area contributed by atoms with Crippen LogP contribution in [0.15, 0.2) is 128 Å². The summed E-state index contributed by atoms with van der Waals surface area (Å²) in [6.45, 7) is 1.07. The molecular weight excluding hydrogens is 568 g/mol. The molecule has 6 rings (SSSR count). The molecule has 1 N–H and O–H groups in total. The van der Waals surface area contributed by atoms with Crippen molar-refractivity contribution in [2.24, 2.45) is 14.1 Å². The van der Waals surface area contributed by atoms with Crippen molar-refractivity contribution in [2.45, 2.75) is 26.7 Å². The lowest BCUT2D eigenvalue weighted by molar-refractivity contribution is 0.112. The van der Waals surface area contributed by atoms with Gasteiger partial charge in [-0.1, -0.05) is 90.6 Å². The Bertz CT molecular complexity index is 1640. The number of hydrogen-bond acceptors (Lipinski definition) is 8. The van der Waals surface area contributed by atoms with Gasteiger partial charge < -0.3 is 14.6 Å². The van der Waals surface area contributed by atoms with Gasteiger partial charge in [0.05, 0.1) is 18.1 Å². The Morgan fingerprint density at radius 2 is 1.27 bits per heavy atom. The molecule has 232 valence electrons. The molecule has 45 heavy (non-hydrogen) atoms. The highest BCUT2D eigenvalue weighted by molar-refractivity contribution is 5.74. The highest BCUT2D eigenvalue weighted by Crippen LogP contribution is 2.23. The summed E-state index contributed by atoms with van der Waals surface area (Å²) in [5, 5.41) is 25.0. The first-order valence-corrected chi connectivity index (χ1v) is 13.8. The molecule has 0 aliphatic heterocycles. The molecule has 2 heterocycles. The first-order valence-electron chi connectivity index (χ1n) is 13.8.